The van der Waals surface area contributed by atoms with Crippen LogP contribution in [0.5, 0.6) is 0 Å². The van der Waals surface area contributed by atoms with Crippen molar-refractivity contribution in [2.45, 2.75) is 37.8 Å². The van der Waals surface area contributed by atoms with Crippen LogP contribution in [0.25, 0.3) is 22.0 Å². The van der Waals surface area contributed by atoms with E-state index in [1.807, 2.05) is 61.5 Å². The van der Waals surface area contributed by atoms with Gasteiger partial charge in [0.1, 0.15) is 4.83 Å². The van der Waals surface area contributed by atoms with Crippen LogP contribution in [0.2, 0.25) is 0 Å². The average Bonchev–Trinajstić information content (AvgIpc) is 3.27. The van der Waals surface area contributed by atoms with Gasteiger partial charge in [-0.1, -0.05) is 71.4 Å². The zero-order valence-corrected chi connectivity index (χ0v) is 22.6. The summed E-state index contributed by atoms with van der Waals surface area (Å²) in [6.45, 7) is 2.01. The van der Waals surface area contributed by atoms with Crippen LogP contribution >= 0.6 is 34.7 Å². The van der Waals surface area contributed by atoms with Gasteiger partial charge in [0.05, 0.1) is 28.1 Å². The number of fused-ring (bicyclic) bond motifs is 3. The molecular formula is C28H25ClN4O2S2. The van der Waals surface area contributed by atoms with Gasteiger partial charge in [0, 0.05) is 4.88 Å². The Bertz CT molecular complexity index is 1560. The molecule has 0 aliphatic heterocycles. The number of aromatic nitrogens is 2. The second kappa shape index (κ2) is 11.5. The molecule has 1 N–H and O–H groups in total. The van der Waals surface area contributed by atoms with E-state index in [4.69, 9.17) is 16.6 Å². The molecule has 1 aliphatic carbocycles. The first-order valence-electron chi connectivity index (χ1n) is 12.0. The largest absolute Gasteiger partial charge is 0.272 e. The summed E-state index contributed by atoms with van der Waals surface area (Å²) >= 11 is 9.01. The summed E-state index contributed by atoms with van der Waals surface area (Å²) in [7, 11) is 0. The predicted molar refractivity (Wildman–Crippen MR) is 154 cm³/mol. The molecule has 0 saturated carbocycles. The number of carbonyl (C=O) groups is 1. The molecule has 2 aromatic carbocycles. The summed E-state index contributed by atoms with van der Waals surface area (Å²) in [4.78, 5) is 33.2. The first kappa shape index (κ1) is 25.4. The quantitative estimate of drug-likeness (QED) is 0.131. The third-order valence-electron chi connectivity index (χ3n) is 6.06. The second-order valence-corrected chi connectivity index (χ2v) is 11.2. The molecule has 0 radical (unpaired) electrons. The first-order valence-corrected chi connectivity index (χ1v) is 14.2. The molecule has 0 spiro atoms. The summed E-state index contributed by atoms with van der Waals surface area (Å²) in [6.07, 6.45) is 7.27. The molecule has 0 fully saturated rings. The zero-order chi connectivity index (χ0) is 25.8. The maximum atomic E-state index is 13.8. The molecular weight excluding hydrogens is 524 g/mol. The standard InChI is InChI=1S/C28H25ClN4O2S2/c1-18-11-13-21(14-12-18)33-27(35)25-22-9-5-6-10-23(22)37-26(25)31-28(33)36-17-24(34)32-30-16-20(29)15-19-7-3-2-4-8-19/h2-4,7-8,11-16H,5-6,9-10,17H2,1H3,(H,32,34). The third-order valence-corrected chi connectivity index (χ3v) is 8.39. The lowest BCUT2D eigenvalue weighted by atomic mass is 9.97. The molecule has 2 heterocycles. The number of allylic oxidation sites excluding steroid dienone is 1. The molecule has 1 amide bonds. The Labute approximate surface area is 228 Å². The van der Waals surface area contributed by atoms with Gasteiger partial charge in [0.2, 0.25) is 0 Å². The Morgan fingerprint density at radius 2 is 1.92 bits per heavy atom. The maximum Gasteiger partial charge on any atom is 0.267 e. The third kappa shape index (κ3) is 5.87. The van der Waals surface area contributed by atoms with Crippen molar-refractivity contribution < 1.29 is 4.79 Å². The lowest BCUT2D eigenvalue weighted by Crippen LogP contribution is -2.24. The summed E-state index contributed by atoms with van der Waals surface area (Å²) in [5, 5.41) is 5.55. The Balaban J connectivity index is 1.38. The molecule has 0 bridgehead atoms. The molecule has 0 saturated heterocycles. The Kier molecular flexibility index (Phi) is 7.88. The van der Waals surface area contributed by atoms with E-state index in [2.05, 4.69) is 10.5 Å². The summed E-state index contributed by atoms with van der Waals surface area (Å²) in [5.74, 6) is -0.271. The number of halogens is 1. The van der Waals surface area contributed by atoms with Gasteiger partial charge in [-0.15, -0.1) is 11.3 Å². The van der Waals surface area contributed by atoms with Crippen molar-refractivity contribution in [2.75, 3.05) is 5.75 Å². The number of amides is 1. The van der Waals surface area contributed by atoms with Crippen molar-refractivity contribution in [3.63, 3.8) is 0 Å². The molecule has 5 rings (SSSR count). The van der Waals surface area contributed by atoms with Crippen LogP contribution < -0.4 is 11.0 Å². The smallest absolute Gasteiger partial charge is 0.267 e. The van der Waals surface area contributed by atoms with Gasteiger partial charge >= 0.3 is 0 Å². The Hall–Kier alpha value is -3.20. The lowest BCUT2D eigenvalue weighted by molar-refractivity contribution is -0.118. The molecule has 37 heavy (non-hydrogen) atoms. The maximum absolute atomic E-state index is 13.8. The number of thiophene rings is 1. The van der Waals surface area contributed by atoms with E-state index in [9.17, 15) is 9.59 Å². The highest BCUT2D eigenvalue weighted by Crippen LogP contribution is 2.35. The highest BCUT2D eigenvalue weighted by Gasteiger charge is 2.23. The summed E-state index contributed by atoms with van der Waals surface area (Å²) in [6, 6.07) is 17.4. The highest BCUT2D eigenvalue weighted by molar-refractivity contribution is 7.99. The van der Waals surface area contributed by atoms with Crippen molar-refractivity contribution in [3.05, 3.63) is 91.6 Å². The zero-order valence-electron chi connectivity index (χ0n) is 20.2. The van der Waals surface area contributed by atoms with Crippen LogP contribution in [0.4, 0.5) is 0 Å². The number of hydrogen-bond acceptors (Lipinski definition) is 6. The van der Waals surface area contributed by atoms with Gasteiger partial charge in [0.25, 0.3) is 11.5 Å². The van der Waals surface area contributed by atoms with Gasteiger partial charge in [0.15, 0.2) is 5.16 Å². The van der Waals surface area contributed by atoms with Crippen LogP contribution in [0.3, 0.4) is 0 Å². The van der Waals surface area contributed by atoms with E-state index >= 15 is 0 Å². The fourth-order valence-electron chi connectivity index (χ4n) is 4.28. The lowest BCUT2D eigenvalue weighted by Gasteiger charge is -2.13. The molecule has 2 aromatic heterocycles. The van der Waals surface area contributed by atoms with Crippen molar-refractivity contribution >= 4 is 63.1 Å². The SMILES string of the molecule is Cc1ccc(-n2c(SCC(=O)NN=CC(Cl)=Cc3ccccc3)nc3sc4c(c3c2=O)CCCC4)cc1. The number of nitrogens with zero attached hydrogens (tertiary/aromatic N) is 3. The Morgan fingerprint density at radius 1 is 1.16 bits per heavy atom. The predicted octanol–water partition coefficient (Wildman–Crippen LogP) is 6.11. The summed E-state index contributed by atoms with van der Waals surface area (Å²) in [5.41, 5.74) is 6.34. The molecule has 0 unspecified atom stereocenters. The van der Waals surface area contributed by atoms with E-state index in [-0.39, 0.29) is 17.2 Å². The van der Waals surface area contributed by atoms with Crippen LogP contribution in [0.1, 0.15) is 34.4 Å². The van der Waals surface area contributed by atoms with Crippen molar-refractivity contribution in [3.8, 4) is 5.69 Å². The van der Waals surface area contributed by atoms with E-state index in [0.717, 1.165) is 58.3 Å². The average molecular weight is 549 g/mol. The fraction of sp³-hybridized carbons (Fsp3) is 0.214. The minimum absolute atomic E-state index is 0.0479. The van der Waals surface area contributed by atoms with E-state index < -0.39 is 0 Å². The van der Waals surface area contributed by atoms with Crippen molar-refractivity contribution in [1.29, 1.82) is 0 Å². The van der Waals surface area contributed by atoms with Crippen molar-refractivity contribution in [1.82, 2.24) is 15.0 Å². The number of benzene rings is 2. The number of aryl methyl sites for hydroxylation is 3. The van der Waals surface area contributed by atoms with Crippen LogP contribution in [0.15, 0.2) is 74.7 Å². The molecule has 1 aliphatic rings. The van der Waals surface area contributed by atoms with E-state index in [1.165, 1.54) is 22.9 Å². The number of nitrogens with one attached hydrogen (secondary N) is 1. The normalized spacial score (nSPS) is 13.7. The molecule has 0 atom stereocenters. The van der Waals surface area contributed by atoms with E-state index in [0.29, 0.717) is 10.2 Å². The molecule has 9 heteroatoms. The van der Waals surface area contributed by atoms with Gasteiger partial charge in [-0.25, -0.2) is 10.4 Å². The van der Waals surface area contributed by atoms with E-state index in [1.54, 1.807) is 22.0 Å². The van der Waals surface area contributed by atoms with Gasteiger partial charge in [-0.3, -0.25) is 14.2 Å². The number of rotatable bonds is 7. The number of carbonyl (C=O) groups excluding carboxylic acids is 1. The first-order chi connectivity index (χ1) is 18.0. The van der Waals surface area contributed by atoms with Crippen LogP contribution in [-0.2, 0) is 17.6 Å². The minimum Gasteiger partial charge on any atom is -0.272 e. The van der Waals surface area contributed by atoms with Crippen LogP contribution in [-0.4, -0.2) is 27.4 Å². The van der Waals surface area contributed by atoms with Crippen molar-refractivity contribution in [2.24, 2.45) is 5.10 Å². The topological polar surface area (TPSA) is 76.3 Å². The molecule has 6 nitrogen and oxygen atoms in total. The summed E-state index contributed by atoms with van der Waals surface area (Å²) < 4.78 is 1.63. The van der Waals surface area contributed by atoms with Gasteiger partial charge < -0.3 is 0 Å². The monoisotopic (exact) mass is 548 g/mol. The highest BCUT2D eigenvalue weighted by atomic mass is 35.5. The van der Waals surface area contributed by atoms with Gasteiger partial charge in [-0.05, 0) is 61.9 Å². The molecule has 188 valence electrons. The second-order valence-electron chi connectivity index (χ2n) is 8.78. The Morgan fingerprint density at radius 3 is 2.70 bits per heavy atom. The molecule has 4 aromatic rings. The van der Waals surface area contributed by atoms with Crippen LogP contribution in [0, 0.1) is 6.92 Å². The van der Waals surface area contributed by atoms with Gasteiger partial charge in [-0.2, -0.15) is 5.10 Å². The number of thioether (sulfide) groups is 1. The minimum atomic E-state index is -0.319. The fourth-order valence-corrected chi connectivity index (χ4v) is 6.56. The number of hydrazone groups is 1. The number of hydrogen-bond donors (Lipinski definition) is 1.